The van der Waals surface area contributed by atoms with Crippen LogP contribution in [0.15, 0.2) is 42.5 Å². The van der Waals surface area contributed by atoms with Crippen LogP contribution in [-0.4, -0.2) is 10.7 Å². The molecule has 1 nitrogen and oxygen atoms in total. The molecule has 104 valence electrons. The normalized spacial score (nSPS) is 21.6. The van der Waals surface area contributed by atoms with Gasteiger partial charge in [0.05, 0.1) is 5.60 Å². The van der Waals surface area contributed by atoms with Gasteiger partial charge in [0.25, 0.3) is 0 Å². The molecule has 1 heteroatoms. The third-order valence-electron chi connectivity index (χ3n) is 4.52. The first-order chi connectivity index (χ1) is 9.56. The van der Waals surface area contributed by atoms with E-state index in [-0.39, 0.29) is 0 Å². The number of aliphatic hydroxyl groups is 1. The summed E-state index contributed by atoms with van der Waals surface area (Å²) in [5, 5.41) is 11.0. The number of benzene rings is 2. The Kier molecular flexibility index (Phi) is 3.39. The molecule has 1 N–H and O–H groups in total. The van der Waals surface area contributed by atoms with Gasteiger partial charge in [0, 0.05) is 12.8 Å². The van der Waals surface area contributed by atoms with Crippen LogP contribution in [0.2, 0.25) is 0 Å². The summed E-state index contributed by atoms with van der Waals surface area (Å²) in [6.07, 6.45) is 3.38. The fourth-order valence-electron chi connectivity index (χ4n) is 3.28. The summed E-state index contributed by atoms with van der Waals surface area (Å²) in [6.45, 7) is 4.25. The molecule has 0 saturated carbocycles. The summed E-state index contributed by atoms with van der Waals surface area (Å²) in [5.74, 6) is 0. The molecule has 20 heavy (non-hydrogen) atoms. The van der Waals surface area contributed by atoms with E-state index in [4.69, 9.17) is 0 Å². The molecule has 0 saturated heterocycles. The Morgan fingerprint density at radius 3 is 2.60 bits per heavy atom. The highest BCUT2D eigenvalue weighted by Gasteiger charge is 2.32. The minimum Gasteiger partial charge on any atom is -0.389 e. The van der Waals surface area contributed by atoms with Crippen molar-refractivity contribution in [3.8, 4) is 0 Å². The monoisotopic (exact) mass is 266 g/mol. The Morgan fingerprint density at radius 2 is 1.80 bits per heavy atom. The smallest absolute Gasteiger partial charge is 0.0731 e. The van der Waals surface area contributed by atoms with Crippen molar-refractivity contribution in [2.24, 2.45) is 0 Å². The minimum atomic E-state index is -0.590. The first-order valence-corrected chi connectivity index (χ1v) is 7.41. The van der Waals surface area contributed by atoms with E-state index < -0.39 is 5.60 Å². The molecule has 0 amide bonds. The predicted octanol–water partition coefficient (Wildman–Crippen LogP) is 3.77. The van der Waals surface area contributed by atoms with Crippen LogP contribution >= 0.6 is 0 Å². The lowest BCUT2D eigenvalue weighted by Gasteiger charge is -2.34. The van der Waals surface area contributed by atoms with Crippen molar-refractivity contribution < 1.29 is 5.11 Å². The fraction of sp³-hybridized carbons (Fsp3) is 0.368. The van der Waals surface area contributed by atoms with Gasteiger partial charge >= 0.3 is 0 Å². The lowest BCUT2D eigenvalue weighted by molar-refractivity contribution is 0.0266. The van der Waals surface area contributed by atoms with E-state index in [0.717, 1.165) is 25.7 Å². The van der Waals surface area contributed by atoms with Crippen molar-refractivity contribution in [3.63, 3.8) is 0 Å². The average Bonchev–Trinajstić information content (AvgIpc) is 2.42. The van der Waals surface area contributed by atoms with Gasteiger partial charge in [-0.15, -0.1) is 0 Å². The number of hydrogen-bond acceptors (Lipinski definition) is 1. The van der Waals surface area contributed by atoms with Crippen LogP contribution in [0.1, 0.15) is 34.2 Å². The second-order valence-corrected chi connectivity index (χ2v) is 6.28. The highest BCUT2D eigenvalue weighted by atomic mass is 16.3. The van der Waals surface area contributed by atoms with E-state index in [1.165, 1.54) is 27.8 Å². The lowest BCUT2D eigenvalue weighted by atomic mass is 9.76. The van der Waals surface area contributed by atoms with Crippen LogP contribution < -0.4 is 0 Å². The first-order valence-electron chi connectivity index (χ1n) is 7.41. The van der Waals surface area contributed by atoms with Gasteiger partial charge in [-0.3, -0.25) is 0 Å². The van der Waals surface area contributed by atoms with Crippen molar-refractivity contribution in [2.75, 3.05) is 0 Å². The summed E-state index contributed by atoms with van der Waals surface area (Å²) >= 11 is 0. The second-order valence-electron chi connectivity index (χ2n) is 6.28. The summed E-state index contributed by atoms with van der Waals surface area (Å²) in [6, 6.07) is 15.0. The maximum atomic E-state index is 11.0. The van der Waals surface area contributed by atoms with Crippen LogP contribution in [0.5, 0.6) is 0 Å². The van der Waals surface area contributed by atoms with Crippen LogP contribution in [0.3, 0.4) is 0 Å². The molecule has 0 spiro atoms. The molecular weight excluding hydrogens is 244 g/mol. The summed E-state index contributed by atoms with van der Waals surface area (Å²) < 4.78 is 0. The molecular formula is C19H22O. The van der Waals surface area contributed by atoms with Crippen LogP contribution in [0, 0.1) is 13.8 Å². The molecule has 1 atom stereocenters. The topological polar surface area (TPSA) is 20.2 Å². The SMILES string of the molecule is Cc1ccc(C)c(CC2(O)CCc3ccccc3C2)c1. The van der Waals surface area contributed by atoms with Gasteiger partial charge in [0.1, 0.15) is 0 Å². The summed E-state index contributed by atoms with van der Waals surface area (Å²) in [5.41, 5.74) is 5.96. The first kappa shape index (κ1) is 13.4. The third-order valence-corrected chi connectivity index (χ3v) is 4.52. The van der Waals surface area contributed by atoms with E-state index >= 15 is 0 Å². The second kappa shape index (κ2) is 5.06. The molecule has 0 aromatic heterocycles. The van der Waals surface area contributed by atoms with Crippen LogP contribution in [-0.2, 0) is 19.3 Å². The number of hydrogen-bond donors (Lipinski definition) is 1. The standard InChI is InChI=1S/C19H22O/c1-14-7-8-15(2)18(11-14)13-19(20)10-9-16-5-3-4-6-17(16)12-19/h3-8,11,20H,9-10,12-13H2,1-2H3. The molecule has 1 aliphatic rings. The number of fused-ring (bicyclic) bond motifs is 1. The Bertz CT molecular complexity index is 629. The van der Waals surface area contributed by atoms with Gasteiger partial charge in [0.15, 0.2) is 0 Å². The van der Waals surface area contributed by atoms with Gasteiger partial charge in [-0.1, -0.05) is 48.0 Å². The van der Waals surface area contributed by atoms with E-state index in [0.29, 0.717) is 0 Å². The number of aryl methyl sites for hydroxylation is 3. The highest BCUT2D eigenvalue weighted by Crippen LogP contribution is 2.32. The minimum absolute atomic E-state index is 0.590. The third kappa shape index (κ3) is 2.64. The van der Waals surface area contributed by atoms with Crippen LogP contribution in [0.4, 0.5) is 0 Å². The van der Waals surface area contributed by atoms with Crippen LogP contribution in [0.25, 0.3) is 0 Å². The molecule has 0 fully saturated rings. The molecule has 1 aliphatic carbocycles. The van der Waals surface area contributed by atoms with Gasteiger partial charge in [-0.05, 0) is 48.9 Å². The van der Waals surface area contributed by atoms with Crippen molar-refractivity contribution >= 4 is 0 Å². The quantitative estimate of drug-likeness (QED) is 0.877. The molecule has 0 heterocycles. The maximum Gasteiger partial charge on any atom is 0.0731 e. The fourth-order valence-corrected chi connectivity index (χ4v) is 3.28. The van der Waals surface area contributed by atoms with E-state index in [1.807, 2.05) is 0 Å². The molecule has 0 radical (unpaired) electrons. The molecule has 3 rings (SSSR count). The van der Waals surface area contributed by atoms with Crippen molar-refractivity contribution in [1.82, 2.24) is 0 Å². The van der Waals surface area contributed by atoms with Gasteiger partial charge in [-0.2, -0.15) is 0 Å². The van der Waals surface area contributed by atoms with E-state index in [9.17, 15) is 5.11 Å². The Labute approximate surface area is 121 Å². The zero-order valence-electron chi connectivity index (χ0n) is 12.3. The zero-order valence-corrected chi connectivity index (χ0v) is 12.3. The highest BCUT2D eigenvalue weighted by molar-refractivity contribution is 5.35. The molecule has 1 unspecified atom stereocenters. The van der Waals surface area contributed by atoms with Gasteiger partial charge in [-0.25, -0.2) is 0 Å². The van der Waals surface area contributed by atoms with Crippen molar-refractivity contribution in [1.29, 1.82) is 0 Å². The molecule has 0 bridgehead atoms. The van der Waals surface area contributed by atoms with E-state index in [1.54, 1.807) is 0 Å². The van der Waals surface area contributed by atoms with Crippen molar-refractivity contribution in [3.05, 3.63) is 70.3 Å². The Hall–Kier alpha value is -1.60. The van der Waals surface area contributed by atoms with Gasteiger partial charge in [0.2, 0.25) is 0 Å². The largest absolute Gasteiger partial charge is 0.389 e. The zero-order chi connectivity index (χ0) is 14.2. The summed E-state index contributed by atoms with van der Waals surface area (Å²) in [4.78, 5) is 0. The lowest BCUT2D eigenvalue weighted by Crippen LogP contribution is -2.38. The molecule has 2 aromatic carbocycles. The predicted molar refractivity (Wildman–Crippen MR) is 83.0 cm³/mol. The summed E-state index contributed by atoms with van der Waals surface area (Å²) in [7, 11) is 0. The van der Waals surface area contributed by atoms with Crippen molar-refractivity contribution in [2.45, 2.75) is 45.1 Å². The molecule has 0 aliphatic heterocycles. The number of rotatable bonds is 2. The molecule has 2 aromatic rings. The average molecular weight is 266 g/mol. The van der Waals surface area contributed by atoms with E-state index in [2.05, 4.69) is 56.3 Å². The van der Waals surface area contributed by atoms with Gasteiger partial charge < -0.3 is 5.11 Å². The Balaban J connectivity index is 1.86. The maximum absolute atomic E-state index is 11.0. The Morgan fingerprint density at radius 1 is 1.05 bits per heavy atom.